The predicted octanol–water partition coefficient (Wildman–Crippen LogP) is 11.3. The highest BCUT2D eigenvalue weighted by atomic mass is 15.1. The van der Waals surface area contributed by atoms with Crippen molar-refractivity contribution in [1.82, 2.24) is 4.57 Å². The molecule has 0 aliphatic carbocycles. The monoisotopic (exact) mass is 611 g/mol. The van der Waals surface area contributed by atoms with Gasteiger partial charge >= 0.3 is 0 Å². The maximum atomic E-state index is 2.37. The lowest BCUT2D eigenvalue weighted by Gasteiger charge is -2.26. The van der Waals surface area contributed by atoms with Crippen molar-refractivity contribution in [3.63, 3.8) is 0 Å². The van der Waals surface area contributed by atoms with Gasteiger partial charge in [0.05, 0.1) is 5.69 Å². The molecule has 3 nitrogen and oxygen atoms in total. The van der Waals surface area contributed by atoms with Crippen molar-refractivity contribution in [3.8, 4) is 11.3 Å². The summed E-state index contributed by atoms with van der Waals surface area (Å²) in [6.07, 6.45) is 0. The second-order valence-corrected chi connectivity index (χ2v) is 12.0. The number of aromatic nitrogens is 1. The van der Waals surface area contributed by atoms with Crippen LogP contribution >= 0.6 is 0 Å². The number of hydrogen-bond donors (Lipinski definition) is 0. The number of anilines is 4. The van der Waals surface area contributed by atoms with Crippen LogP contribution < -0.4 is 9.80 Å². The Morgan fingerprint density at radius 3 is 1.34 bits per heavy atom. The first-order chi connectivity index (χ1) is 23.2. The van der Waals surface area contributed by atoms with E-state index in [2.05, 4.69) is 199 Å². The van der Waals surface area contributed by atoms with Crippen LogP contribution in [-0.2, 0) is 7.05 Å². The first-order valence-electron chi connectivity index (χ1n) is 16.7. The average Bonchev–Trinajstić information content (AvgIpc) is 3.43. The molecule has 0 aliphatic heterocycles. The van der Waals surface area contributed by atoms with Gasteiger partial charge in [-0.1, -0.05) is 109 Å². The van der Waals surface area contributed by atoms with Crippen LogP contribution in [0.3, 0.4) is 0 Å². The van der Waals surface area contributed by atoms with Gasteiger partial charge in [0.1, 0.15) is 0 Å². The van der Waals surface area contributed by atoms with Gasteiger partial charge in [0.2, 0.25) is 0 Å². The molecule has 0 atom stereocenters. The van der Waals surface area contributed by atoms with Crippen LogP contribution in [0, 0.1) is 0 Å². The lowest BCUT2D eigenvalue weighted by molar-refractivity contribution is 0.935. The third-order valence-corrected chi connectivity index (χ3v) is 9.33. The van der Waals surface area contributed by atoms with E-state index in [1.54, 1.807) is 0 Å². The number of hydrogen-bond acceptors (Lipinski definition) is 2. The molecule has 0 saturated heterocycles. The maximum absolute atomic E-state index is 2.37. The maximum Gasteiger partial charge on any atom is 0.0530 e. The van der Waals surface area contributed by atoms with Gasteiger partial charge in [-0.3, -0.25) is 0 Å². The second-order valence-electron chi connectivity index (χ2n) is 12.0. The molecule has 3 heteroatoms. The third-order valence-electron chi connectivity index (χ3n) is 9.33. The highest BCUT2D eigenvalue weighted by molar-refractivity contribution is 5.93. The Hall–Kier alpha value is -5.54. The summed E-state index contributed by atoms with van der Waals surface area (Å²) in [5.41, 5.74) is 12.4. The molecule has 0 bridgehead atoms. The standard InChI is InChI=1S/C44H41N3/c1-4-46(36-19-11-7-12-20-36)38-29-25-33(26-30-38)42(34-27-31-39(32-28-34)47(5-2)37-21-13-8-14-22-37)43-40-23-15-16-24-41(40)45(3)44(43)35-17-9-6-10-18-35/h6-32,42H,4-5H2,1-3H3. The molecule has 0 spiro atoms. The van der Waals surface area contributed by atoms with Crippen LogP contribution in [0.4, 0.5) is 22.7 Å². The van der Waals surface area contributed by atoms with Crippen LogP contribution in [0.15, 0.2) is 164 Å². The minimum Gasteiger partial charge on any atom is -0.343 e. The van der Waals surface area contributed by atoms with E-state index in [0.717, 1.165) is 13.1 Å². The van der Waals surface area contributed by atoms with Gasteiger partial charge in [0, 0.05) is 59.7 Å². The van der Waals surface area contributed by atoms with Crippen LogP contribution in [0.25, 0.3) is 22.2 Å². The van der Waals surface area contributed by atoms with E-state index in [1.165, 1.54) is 61.6 Å². The van der Waals surface area contributed by atoms with Crippen molar-refractivity contribution < 1.29 is 0 Å². The fourth-order valence-electron chi connectivity index (χ4n) is 7.12. The summed E-state index contributed by atoms with van der Waals surface area (Å²) < 4.78 is 2.37. The van der Waals surface area contributed by atoms with Crippen LogP contribution in [-0.4, -0.2) is 17.7 Å². The molecule has 7 rings (SSSR count). The van der Waals surface area contributed by atoms with Crippen LogP contribution in [0.1, 0.15) is 36.5 Å². The van der Waals surface area contributed by atoms with E-state index < -0.39 is 0 Å². The summed E-state index contributed by atoms with van der Waals surface area (Å²) in [7, 11) is 2.20. The Bertz CT molecular complexity index is 1950. The van der Waals surface area contributed by atoms with E-state index in [9.17, 15) is 0 Å². The van der Waals surface area contributed by atoms with Gasteiger partial charge in [-0.25, -0.2) is 0 Å². The van der Waals surface area contributed by atoms with Gasteiger partial charge in [-0.2, -0.15) is 0 Å². The summed E-state index contributed by atoms with van der Waals surface area (Å²) in [5.74, 6) is 0.0259. The zero-order valence-corrected chi connectivity index (χ0v) is 27.4. The molecule has 1 heterocycles. The summed E-state index contributed by atoms with van der Waals surface area (Å²) in [6, 6.07) is 59.5. The molecule has 0 fully saturated rings. The first kappa shape index (κ1) is 30.1. The van der Waals surface area contributed by atoms with Crippen molar-refractivity contribution in [2.24, 2.45) is 7.05 Å². The first-order valence-corrected chi connectivity index (χ1v) is 16.7. The third kappa shape index (κ3) is 5.81. The summed E-state index contributed by atoms with van der Waals surface area (Å²) in [6.45, 7) is 6.21. The van der Waals surface area contributed by atoms with Crippen LogP contribution in [0.2, 0.25) is 0 Å². The van der Waals surface area contributed by atoms with E-state index in [4.69, 9.17) is 0 Å². The predicted molar refractivity (Wildman–Crippen MR) is 200 cm³/mol. The molecule has 232 valence electrons. The fourth-order valence-corrected chi connectivity index (χ4v) is 7.12. The highest BCUT2D eigenvalue weighted by Gasteiger charge is 2.27. The normalized spacial score (nSPS) is 11.2. The molecule has 0 aliphatic rings. The Morgan fingerprint density at radius 1 is 0.468 bits per heavy atom. The Morgan fingerprint density at radius 2 is 0.872 bits per heavy atom. The molecule has 47 heavy (non-hydrogen) atoms. The quantitative estimate of drug-likeness (QED) is 0.152. The zero-order valence-electron chi connectivity index (χ0n) is 27.4. The van der Waals surface area contributed by atoms with Crippen molar-refractivity contribution in [1.29, 1.82) is 0 Å². The van der Waals surface area contributed by atoms with Gasteiger partial charge in [-0.05, 0) is 90.7 Å². The fraction of sp³-hybridized carbons (Fsp3) is 0.136. The summed E-state index contributed by atoms with van der Waals surface area (Å²) in [5, 5.41) is 1.28. The van der Waals surface area contributed by atoms with Crippen molar-refractivity contribution >= 4 is 33.7 Å². The molecule has 7 aromatic rings. The van der Waals surface area contributed by atoms with E-state index in [0.29, 0.717) is 0 Å². The second kappa shape index (κ2) is 13.4. The Labute approximate surface area is 279 Å². The van der Waals surface area contributed by atoms with Crippen molar-refractivity contribution in [2.45, 2.75) is 19.8 Å². The van der Waals surface area contributed by atoms with Crippen molar-refractivity contribution in [3.05, 3.63) is 180 Å². The van der Waals surface area contributed by atoms with E-state index in [1.807, 2.05) is 0 Å². The van der Waals surface area contributed by atoms with Gasteiger partial charge < -0.3 is 14.4 Å². The largest absolute Gasteiger partial charge is 0.343 e. The number of nitrogens with zero attached hydrogens (tertiary/aromatic N) is 3. The molecule has 1 aromatic heterocycles. The number of para-hydroxylation sites is 3. The molecule has 0 saturated carbocycles. The molecular formula is C44H41N3. The number of rotatable bonds is 10. The minimum atomic E-state index is 0.0259. The van der Waals surface area contributed by atoms with Gasteiger partial charge in [-0.15, -0.1) is 0 Å². The molecular weight excluding hydrogens is 571 g/mol. The summed E-state index contributed by atoms with van der Waals surface area (Å²) in [4.78, 5) is 4.73. The SMILES string of the molecule is CCN(c1ccccc1)c1ccc(C(c2ccc(N(CC)c3ccccc3)cc2)c2c(-c3ccccc3)n(C)c3ccccc23)cc1. The Kier molecular flexibility index (Phi) is 8.62. The lowest BCUT2D eigenvalue weighted by atomic mass is 9.82. The number of aryl methyl sites for hydroxylation is 1. The number of fused-ring (bicyclic) bond motifs is 1. The molecule has 0 radical (unpaired) electrons. The highest BCUT2D eigenvalue weighted by Crippen LogP contribution is 2.44. The molecule has 6 aromatic carbocycles. The Balaban J connectivity index is 1.40. The van der Waals surface area contributed by atoms with E-state index in [-0.39, 0.29) is 5.92 Å². The van der Waals surface area contributed by atoms with Crippen molar-refractivity contribution in [2.75, 3.05) is 22.9 Å². The lowest BCUT2D eigenvalue weighted by Crippen LogP contribution is -2.16. The van der Waals surface area contributed by atoms with Gasteiger partial charge in [0.15, 0.2) is 0 Å². The molecule has 0 unspecified atom stereocenters. The summed E-state index contributed by atoms with van der Waals surface area (Å²) >= 11 is 0. The van der Waals surface area contributed by atoms with E-state index >= 15 is 0 Å². The zero-order chi connectivity index (χ0) is 32.2. The van der Waals surface area contributed by atoms with Gasteiger partial charge in [0.25, 0.3) is 0 Å². The molecule has 0 N–H and O–H groups in total. The topological polar surface area (TPSA) is 11.4 Å². The minimum absolute atomic E-state index is 0.0259. The average molecular weight is 612 g/mol. The smallest absolute Gasteiger partial charge is 0.0530 e. The number of benzene rings is 6. The van der Waals surface area contributed by atoms with Crippen LogP contribution in [0.5, 0.6) is 0 Å². The molecule has 0 amide bonds.